The zero-order chi connectivity index (χ0) is 19.0. The molecule has 27 heavy (non-hydrogen) atoms. The molecule has 1 N–H and O–H groups in total. The maximum atomic E-state index is 12.7. The molecule has 1 aliphatic heterocycles. The summed E-state index contributed by atoms with van der Waals surface area (Å²) in [6.07, 6.45) is 2.08. The number of ether oxygens (including phenoxy) is 1. The molecule has 1 atom stereocenters. The first-order valence-corrected chi connectivity index (χ1v) is 8.41. The van der Waals surface area contributed by atoms with Gasteiger partial charge in [0.1, 0.15) is 5.75 Å². The van der Waals surface area contributed by atoms with Crippen LogP contribution in [-0.2, 0) is 9.63 Å². The number of fused-ring (bicyclic) bond motifs is 1. The number of aromatic nitrogens is 2. The first-order valence-electron chi connectivity index (χ1n) is 8.41. The van der Waals surface area contributed by atoms with E-state index in [0.29, 0.717) is 40.5 Å². The molecule has 3 heterocycles. The van der Waals surface area contributed by atoms with Crippen LogP contribution in [0.15, 0.2) is 46.1 Å². The van der Waals surface area contributed by atoms with Crippen LogP contribution in [0.4, 0.5) is 5.69 Å². The van der Waals surface area contributed by atoms with E-state index < -0.39 is 5.60 Å². The Morgan fingerprint density at radius 2 is 2.19 bits per heavy atom. The molecule has 0 radical (unpaired) electrons. The van der Waals surface area contributed by atoms with E-state index >= 15 is 0 Å². The summed E-state index contributed by atoms with van der Waals surface area (Å²) in [5, 5.41) is 6.74. The maximum Gasteiger partial charge on any atom is 0.271 e. The molecule has 8 nitrogen and oxygen atoms in total. The number of nitrogens with one attached hydrogen (secondary N) is 1. The van der Waals surface area contributed by atoms with Crippen LogP contribution in [0.2, 0.25) is 0 Å². The summed E-state index contributed by atoms with van der Waals surface area (Å²) < 4.78 is 11.1. The molecule has 1 amide bonds. The minimum absolute atomic E-state index is 0.308. The first kappa shape index (κ1) is 17.0. The molecule has 0 spiro atoms. The van der Waals surface area contributed by atoms with Crippen molar-refractivity contribution in [3.63, 3.8) is 0 Å². The Kier molecular flexibility index (Phi) is 4.02. The van der Waals surface area contributed by atoms with Gasteiger partial charge in [0.15, 0.2) is 11.2 Å². The number of hydrogen-bond acceptors (Lipinski definition) is 7. The second kappa shape index (κ2) is 6.39. The van der Waals surface area contributed by atoms with E-state index in [2.05, 4.69) is 20.4 Å². The molecule has 1 aliphatic rings. The topological polar surface area (TPSA) is 98.8 Å². The van der Waals surface area contributed by atoms with Crippen molar-refractivity contribution in [2.75, 3.05) is 12.4 Å². The number of pyridine rings is 1. The van der Waals surface area contributed by atoms with E-state index in [0.717, 1.165) is 5.71 Å². The SMILES string of the molecule is COc1ccc(-c2nc3ncccc3o2)cc1NC(=O)[C@@]1(C)CC(C)=NO1. The van der Waals surface area contributed by atoms with E-state index in [1.807, 2.05) is 6.92 Å². The third-order valence-electron chi connectivity index (χ3n) is 4.34. The zero-order valence-corrected chi connectivity index (χ0v) is 15.1. The number of oxazole rings is 1. The van der Waals surface area contributed by atoms with Gasteiger partial charge in [-0.1, -0.05) is 5.16 Å². The first-order chi connectivity index (χ1) is 13.0. The molecule has 0 bridgehead atoms. The Bertz CT molecular complexity index is 1030. The quantitative estimate of drug-likeness (QED) is 0.760. The van der Waals surface area contributed by atoms with Crippen LogP contribution in [-0.4, -0.2) is 34.3 Å². The summed E-state index contributed by atoms with van der Waals surface area (Å²) in [4.78, 5) is 26.6. The number of benzene rings is 1. The van der Waals surface area contributed by atoms with Crippen molar-refractivity contribution < 1.29 is 18.8 Å². The van der Waals surface area contributed by atoms with Gasteiger partial charge in [0.05, 0.1) is 18.5 Å². The average molecular weight is 366 g/mol. The van der Waals surface area contributed by atoms with Gasteiger partial charge < -0.3 is 19.3 Å². The molecule has 8 heteroatoms. The van der Waals surface area contributed by atoms with Crippen molar-refractivity contribution in [2.45, 2.75) is 25.9 Å². The Hall–Kier alpha value is -3.42. The van der Waals surface area contributed by atoms with Gasteiger partial charge in [0.2, 0.25) is 11.5 Å². The number of carbonyl (C=O) groups excluding carboxylic acids is 1. The molecule has 138 valence electrons. The second-order valence-electron chi connectivity index (χ2n) is 6.54. The summed E-state index contributed by atoms with van der Waals surface area (Å²) in [5.41, 5.74) is 2.01. The smallest absolute Gasteiger partial charge is 0.271 e. The summed E-state index contributed by atoms with van der Waals surface area (Å²) in [7, 11) is 1.54. The number of hydrogen-bond donors (Lipinski definition) is 1. The van der Waals surface area contributed by atoms with Gasteiger partial charge >= 0.3 is 0 Å². The van der Waals surface area contributed by atoms with Crippen LogP contribution in [0.1, 0.15) is 20.3 Å². The van der Waals surface area contributed by atoms with Crippen molar-refractivity contribution in [3.8, 4) is 17.2 Å². The van der Waals surface area contributed by atoms with Crippen LogP contribution in [0.5, 0.6) is 5.75 Å². The molecule has 0 saturated heterocycles. The lowest BCUT2D eigenvalue weighted by Gasteiger charge is -2.21. The molecule has 3 aromatic rings. The largest absolute Gasteiger partial charge is 0.495 e. The standard InChI is InChI=1S/C19H18N4O4/c1-11-10-19(2,27-23-11)18(24)21-13-9-12(6-7-14(13)25-3)17-22-16-15(26-17)5-4-8-20-16/h4-9H,10H2,1-3H3,(H,21,24)/t19-/m1/s1. The third-order valence-corrected chi connectivity index (χ3v) is 4.34. The lowest BCUT2D eigenvalue weighted by atomic mass is 9.99. The summed E-state index contributed by atoms with van der Waals surface area (Å²) in [6.45, 7) is 3.52. The Balaban J connectivity index is 1.66. The highest BCUT2D eigenvalue weighted by molar-refractivity contribution is 6.02. The number of methoxy groups -OCH3 is 1. The fourth-order valence-electron chi connectivity index (χ4n) is 2.94. The lowest BCUT2D eigenvalue weighted by Crippen LogP contribution is -2.40. The third kappa shape index (κ3) is 3.10. The van der Waals surface area contributed by atoms with Gasteiger partial charge in [-0.2, -0.15) is 4.98 Å². The molecule has 0 aliphatic carbocycles. The molecule has 4 rings (SSSR count). The molecule has 1 aromatic carbocycles. The number of amides is 1. The van der Waals surface area contributed by atoms with Crippen molar-refractivity contribution in [1.29, 1.82) is 0 Å². The highest BCUT2D eigenvalue weighted by Gasteiger charge is 2.41. The predicted octanol–water partition coefficient (Wildman–Crippen LogP) is 3.39. The molecule has 0 unspecified atom stereocenters. The monoisotopic (exact) mass is 366 g/mol. The number of anilines is 1. The molecule has 0 fully saturated rings. The van der Waals surface area contributed by atoms with E-state index in [1.54, 1.807) is 43.5 Å². The average Bonchev–Trinajstić information content (AvgIpc) is 3.25. The minimum atomic E-state index is -1.05. The van der Waals surface area contributed by atoms with E-state index in [9.17, 15) is 4.79 Å². The maximum absolute atomic E-state index is 12.7. The second-order valence-corrected chi connectivity index (χ2v) is 6.54. The van der Waals surface area contributed by atoms with Crippen molar-refractivity contribution in [2.24, 2.45) is 5.16 Å². The Labute approximate surface area is 155 Å². The van der Waals surface area contributed by atoms with Gasteiger partial charge in [-0.25, -0.2) is 4.98 Å². The number of nitrogens with zero attached hydrogens (tertiary/aromatic N) is 3. The minimum Gasteiger partial charge on any atom is -0.495 e. The van der Waals surface area contributed by atoms with Crippen LogP contribution in [0.25, 0.3) is 22.7 Å². The van der Waals surface area contributed by atoms with Crippen molar-refractivity contribution in [3.05, 3.63) is 36.5 Å². The van der Waals surface area contributed by atoms with Gasteiger partial charge in [-0.15, -0.1) is 0 Å². The zero-order valence-electron chi connectivity index (χ0n) is 15.1. The van der Waals surface area contributed by atoms with Crippen LogP contribution in [0, 0.1) is 0 Å². The van der Waals surface area contributed by atoms with E-state index in [1.165, 1.54) is 7.11 Å². The van der Waals surface area contributed by atoms with Gasteiger partial charge in [-0.05, 0) is 44.2 Å². The van der Waals surface area contributed by atoms with E-state index in [4.69, 9.17) is 14.0 Å². The molecule has 0 saturated carbocycles. The number of oxime groups is 1. The van der Waals surface area contributed by atoms with Crippen LogP contribution in [0.3, 0.4) is 0 Å². The van der Waals surface area contributed by atoms with E-state index in [-0.39, 0.29) is 5.91 Å². The Morgan fingerprint density at radius 1 is 1.33 bits per heavy atom. The molecular weight excluding hydrogens is 348 g/mol. The summed E-state index contributed by atoms with van der Waals surface area (Å²) >= 11 is 0. The number of rotatable bonds is 4. The Morgan fingerprint density at radius 3 is 2.89 bits per heavy atom. The van der Waals surface area contributed by atoms with Crippen LogP contribution < -0.4 is 10.1 Å². The van der Waals surface area contributed by atoms with Crippen molar-refractivity contribution in [1.82, 2.24) is 9.97 Å². The summed E-state index contributed by atoms with van der Waals surface area (Å²) in [5.74, 6) is 0.614. The predicted molar refractivity (Wildman–Crippen MR) is 99.6 cm³/mol. The highest BCUT2D eigenvalue weighted by Crippen LogP contribution is 2.33. The van der Waals surface area contributed by atoms with Gasteiger partial charge in [0, 0.05) is 18.2 Å². The number of carbonyl (C=O) groups is 1. The highest BCUT2D eigenvalue weighted by atomic mass is 16.7. The van der Waals surface area contributed by atoms with Gasteiger partial charge in [0.25, 0.3) is 5.91 Å². The fourth-order valence-corrected chi connectivity index (χ4v) is 2.94. The summed E-state index contributed by atoms with van der Waals surface area (Å²) in [6, 6.07) is 8.87. The molecule has 2 aromatic heterocycles. The molecular formula is C19H18N4O4. The van der Waals surface area contributed by atoms with Crippen molar-refractivity contribution >= 4 is 28.5 Å². The lowest BCUT2D eigenvalue weighted by molar-refractivity contribution is -0.135. The van der Waals surface area contributed by atoms with Crippen LogP contribution >= 0.6 is 0 Å². The van der Waals surface area contributed by atoms with Gasteiger partial charge in [-0.3, -0.25) is 4.79 Å². The normalized spacial score (nSPS) is 18.9. The fraction of sp³-hybridized carbons (Fsp3) is 0.263.